The summed E-state index contributed by atoms with van der Waals surface area (Å²) < 4.78 is 6.05. The predicted molar refractivity (Wildman–Crippen MR) is 135 cm³/mol. The molecule has 5 heteroatoms. The van der Waals surface area contributed by atoms with Gasteiger partial charge in [-0.1, -0.05) is 60.7 Å². The fraction of sp³-hybridized carbons (Fsp3) is 0.241. The third-order valence-electron chi connectivity index (χ3n) is 6.79. The lowest BCUT2D eigenvalue weighted by Gasteiger charge is -2.29. The SMILES string of the molecule is NC(=O)c1ccc(Oc2ccc(CN[C@H]3CC[C@@H](c4ccccc4)CC3)c3ccccc23)nc1. The van der Waals surface area contributed by atoms with Crippen molar-refractivity contribution >= 4 is 16.7 Å². The number of amides is 1. The largest absolute Gasteiger partial charge is 0.438 e. The van der Waals surface area contributed by atoms with Crippen molar-refractivity contribution in [3.63, 3.8) is 0 Å². The van der Waals surface area contributed by atoms with Gasteiger partial charge in [0.05, 0.1) is 5.56 Å². The standard InChI is InChI=1S/C29H29N3O2/c30-29(33)23-13-17-28(32-19-23)34-27-16-12-22(25-8-4-5-9-26(25)27)18-31-24-14-10-21(11-15-24)20-6-2-1-3-7-20/h1-9,12-13,16-17,19,21,24,31H,10-11,14-15,18H2,(H2,30,33)/t21-,24+. The Labute approximate surface area is 200 Å². The van der Waals surface area contributed by atoms with Crippen molar-refractivity contribution in [2.45, 2.75) is 44.2 Å². The van der Waals surface area contributed by atoms with Crippen LogP contribution in [0.1, 0.15) is 53.1 Å². The molecule has 0 atom stereocenters. The molecule has 1 saturated carbocycles. The van der Waals surface area contributed by atoms with E-state index in [0.29, 0.717) is 23.4 Å². The molecule has 0 unspecified atom stereocenters. The van der Waals surface area contributed by atoms with Crippen LogP contribution in [0.2, 0.25) is 0 Å². The molecule has 0 bridgehead atoms. The second-order valence-corrected chi connectivity index (χ2v) is 8.96. The van der Waals surface area contributed by atoms with Gasteiger partial charge in [-0.05, 0) is 60.2 Å². The van der Waals surface area contributed by atoms with E-state index < -0.39 is 5.91 Å². The number of fused-ring (bicyclic) bond motifs is 1. The fourth-order valence-corrected chi connectivity index (χ4v) is 4.89. The van der Waals surface area contributed by atoms with Crippen molar-refractivity contribution in [3.05, 3.63) is 102 Å². The molecule has 0 saturated heterocycles. The molecule has 1 aliphatic rings. The molecule has 3 aromatic carbocycles. The number of pyridine rings is 1. The average Bonchev–Trinajstić information content (AvgIpc) is 2.89. The highest BCUT2D eigenvalue weighted by atomic mass is 16.5. The number of primary amides is 1. The van der Waals surface area contributed by atoms with E-state index in [-0.39, 0.29) is 0 Å². The minimum Gasteiger partial charge on any atom is -0.438 e. The third kappa shape index (κ3) is 4.95. The monoisotopic (exact) mass is 451 g/mol. The van der Waals surface area contributed by atoms with Gasteiger partial charge in [-0.2, -0.15) is 0 Å². The minimum atomic E-state index is -0.505. The van der Waals surface area contributed by atoms with Crippen molar-refractivity contribution in [3.8, 4) is 11.6 Å². The van der Waals surface area contributed by atoms with E-state index in [4.69, 9.17) is 10.5 Å². The van der Waals surface area contributed by atoms with Gasteiger partial charge in [0.2, 0.25) is 11.8 Å². The van der Waals surface area contributed by atoms with E-state index in [2.05, 4.69) is 64.9 Å². The summed E-state index contributed by atoms with van der Waals surface area (Å²) in [5, 5.41) is 5.99. The zero-order valence-electron chi connectivity index (χ0n) is 19.1. The van der Waals surface area contributed by atoms with Gasteiger partial charge in [-0.3, -0.25) is 4.79 Å². The second kappa shape index (κ2) is 10.1. The number of hydrogen-bond donors (Lipinski definition) is 2. The zero-order chi connectivity index (χ0) is 23.3. The Bertz CT molecular complexity index is 1260. The highest BCUT2D eigenvalue weighted by Crippen LogP contribution is 2.34. The molecule has 4 aromatic rings. The zero-order valence-corrected chi connectivity index (χ0v) is 19.1. The summed E-state index contributed by atoms with van der Waals surface area (Å²) in [7, 11) is 0. The minimum absolute atomic E-state index is 0.358. The van der Waals surface area contributed by atoms with Crippen LogP contribution in [0.4, 0.5) is 0 Å². The average molecular weight is 452 g/mol. The molecule has 1 heterocycles. The van der Waals surface area contributed by atoms with Gasteiger partial charge in [0.15, 0.2) is 0 Å². The lowest BCUT2D eigenvalue weighted by atomic mass is 9.82. The number of nitrogens with zero attached hydrogens (tertiary/aromatic N) is 1. The first-order valence-electron chi connectivity index (χ1n) is 11.9. The van der Waals surface area contributed by atoms with Crippen molar-refractivity contribution in [2.24, 2.45) is 5.73 Å². The van der Waals surface area contributed by atoms with E-state index in [9.17, 15) is 4.79 Å². The molecule has 1 amide bonds. The molecule has 5 nitrogen and oxygen atoms in total. The Morgan fingerprint density at radius 1 is 0.882 bits per heavy atom. The number of carbonyl (C=O) groups is 1. The third-order valence-corrected chi connectivity index (χ3v) is 6.79. The number of nitrogens with two attached hydrogens (primary N) is 1. The van der Waals surface area contributed by atoms with Gasteiger partial charge in [-0.15, -0.1) is 0 Å². The quantitative estimate of drug-likeness (QED) is 0.364. The molecular weight excluding hydrogens is 422 g/mol. The van der Waals surface area contributed by atoms with Crippen LogP contribution in [0.5, 0.6) is 11.6 Å². The number of benzene rings is 3. The van der Waals surface area contributed by atoms with E-state index in [1.807, 2.05) is 12.1 Å². The Morgan fingerprint density at radius 2 is 1.62 bits per heavy atom. The Morgan fingerprint density at radius 3 is 2.32 bits per heavy atom. The Kier molecular flexibility index (Phi) is 6.54. The van der Waals surface area contributed by atoms with Crippen LogP contribution >= 0.6 is 0 Å². The van der Waals surface area contributed by atoms with Gasteiger partial charge in [0.25, 0.3) is 0 Å². The van der Waals surface area contributed by atoms with E-state index >= 15 is 0 Å². The Balaban J connectivity index is 1.25. The molecule has 34 heavy (non-hydrogen) atoms. The molecule has 172 valence electrons. The number of nitrogens with one attached hydrogen (secondary N) is 1. The maximum atomic E-state index is 11.3. The van der Waals surface area contributed by atoms with Crippen LogP contribution in [0.15, 0.2) is 85.1 Å². The molecule has 5 rings (SSSR count). The molecule has 1 fully saturated rings. The van der Waals surface area contributed by atoms with Crippen molar-refractivity contribution in [2.75, 3.05) is 0 Å². The van der Waals surface area contributed by atoms with Gasteiger partial charge < -0.3 is 15.8 Å². The molecule has 1 aliphatic carbocycles. The van der Waals surface area contributed by atoms with Gasteiger partial charge in [0, 0.05) is 30.2 Å². The molecule has 0 radical (unpaired) electrons. The first-order valence-corrected chi connectivity index (χ1v) is 11.9. The van der Waals surface area contributed by atoms with Gasteiger partial charge >= 0.3 is 0 Å². The molecule has 0 aliphatic heterocycles. The first kappa shape index (κ1) is 22.1. The summed E-state index contributed by atoms with van der Waals surface area (Å²) >= 11 is 0. The normalized spacial score (nSPS) is 18.0. The highest BCUT2D eigenvalue weighted by molar-refractivity contribution is 5.92. The number of hydrogen-bond acceptors (Lipinski definition) is 4. The van der Waals surface area contributed by atoms with Gasteiger partial charge in [0.1, 0.15) is 5.75 Å². The van der Waals surface area contributed by atoms with Crippen molar-refractivity contribution in [1.29, 1.82) is 0 Å². The van der Waals surface area contributed by atoms with Crippen LogP contribution in [0.3, 0.4) is 0 Å². The van der Waals surface area contributed by atoms with Crippen molar-refractivity contribution in [1.82, 2.24) is 10.3 Å². The number of carbonyl (C=O) groups excluding carboxylic acids is 1. The fourth-order valence-electron chi connectivity index (χ4n) is 4.89. The maximum Gasteiger partial charge on any atom is 0.250 e. The number of ether oxygens (including phenoxy) is 1. The summed E-state index contributed by atoms with van der Waals surface area (Å²) in [6.45, 7) is 0.826. The van der Waals surface area contributed by atoms with Gasteiger partial charge in [-0.25, -0.2) is 4.98 Å². The summed E-state index contributed by atoms with van der Waals surface area (Å²) in [6.07, 6.45) is 6.30. The van der Waals surface area contributed by atoms with E-state index in [1.165, 1.54) is 48.4 Å². The van der Waals surface area contributed by atoms with Crippen LogP contribution in [-0.2, 0) is 6.54 Å². The lowest BCUT2D eigenvalue weighted by Crippen LogP contribution is -2.32. The smallest absolute Gasteiger partial charge is 0.250 e. The Hall–Kier alpha value is -3.70. The molecular formula is C29H29N3O2. The van der Waals surface area contributed by atoms with Crippen LogP contribution in [0.25, 0.3) is 10.8 Å². The first-order chi connectivity index (χ1) is 16.7. The summed E-state index contributed by atoms with van der Waals surface area (Å²) in [5.41, 5.74) is 8.38. The van der Waals surface area contributed by atoms with E-state index in [0.717, 1.165) is 17.7 Å². The van der Waals surface area contributed by atoms with Crippen LogP contribution in [-0.4, -0.2) is 16.9 Å². The van der Waals surface area contributed by atoms with Crippen molar-refractivity contribution < 1.29 is 9.53 Å². The van der Waals surface area contributed by atoms with Crippen LogP contribution < -0.4 is 15.8 Å². The van der Waals surface area contributed by atoms with Crippen LogP contribution in [0, 0.1) is 0 Å². The summed E-state index contributed by atoms with van der Waals surface area (Å²) in [6, 6.07) is 27.1. The maximum absolute atomic E-state index is 11.3. The molecule has 1 aromatic heterocycles. The lowest BCUT2D eigenvalue weighted by molar-refractivity contribution is 0.1000. The predicted octanol–water partition coefficient (Wildman–Crippen LogP) is 5.94. The summed E-state index contributed by atoms with van der Waals surface area (Å²) in [5.74, 6) is 1.34. The summed E-state index contributed by atoms with van der Waals surface area (Å²) in [4.78, 5) is 15.5. The molecule has 0 spiro atoms. The topological polar surface area (TPSA) is 77.2 Å². The second-order valence-electron chi connectivity index (χ2n) is 8.96. The number of rotatable bonds is 7. The number of aromatic nitrogens is 1. The molecule has 3 N–H and O–H groups in total. The highest BCUT2D eigenvalue weighted by Gasteiger charge is 2.22. The van der Waals surface area contributed by atoms with E-state index in [1.54, 1.807) is 12.1 Å².